The van der Waals surface area contributed by atoms with Crippen LogP contribution in [0.5, 0.6) is 0 Å². The zero-order chi connectivity index (χ0) is 12.7. The summed E-state index contributed by atoms with van der Waals surface area (Å²) >= 11 is 0. The van der Waals surface area contributed by atoms with Gasteiger partial charge in [-0.25, -0.2) is 0 Å². The predicted octanol–water partition coefficient (Wildman–Crippen LogP) is 3.85. The predicted molar refractivity (Wildman–Crippen MR) is 76.8 cm³/mol. The van der Waals surface area contributed by atoms with Crippen molar-refractivity contribution in [3.63, 3.8) is 0 Å². The molecule has 0 aliphatic carbocycles. The molecule has 0 bridgehead atoms. The number of allylic oxidation sites excluding steroid dienone is 1. The van der Waals surface area contributed by atoms with E-state index in [4.69, 9.17) is 0 Å². The molecular weight excluding hydrogens is 208 g/mol. The summed E-state index contributed by atoms with van der Waals surface area (Å²) in [5.41, 5.74) is 2.26. The molecule has 0 saturated carbocycles. The van der Waals surface area contributed by atoms with Gasteiger partial charge >= 0.3 is 0 Å². The van der Waals surface area contributed by atoms with E-state index in [1.165, 1.54) is 5.56 Å². The molecule has 0 unspecified atom stereocenters. The van der Waals surface area contributed by atoms with Gasteiger partial charge in [0.05, 0.1) is 0 Å². The molecule has 0 aromatic heterocycles. The fourth-order valence-corrected chi connectivity index (χ4v) is 1.48. The van der Waals surface area contributed by atoms with Crippen molar-refractivity contribution in [2.75, 3.05) is 7.05 Å². The fourth-order valence-electron chi connectivity index (χ4n) is 1.48. The zero-order valence-corrected chi connectivity index (χ0v) is 11.0. The van der Waals surface area contributed by atoms with Crippen LogP contribution < -0.4 is 0 Å². The second-order valence-electron chi connectivity index (χ2n) is 4.66. The molecule has 1 aromatic rings. The Bertz CT molecular complexity index is 425. The Hall–Kier alpha value is -1.70. The maximum absolute atomic E-state index is 4.36. The molecule has 2 heteroatoms. The normalized spacial score (nSPS) is 13.8. The Kier molecular flexibility index (Phi) is 4.83. The summed E-state index contributed by atoms with van der Waals surface area (Å²) in [6.07, 6.45) is 5.69. The third-order valence-corrected chi connectivity index (χ3v) is 2.37. The summed E-state index contributed by atoms with van der Waals surface area (Å²) in [6.45, 7) is 6.22. The molecule has 0 aliphatic rings. The van der Waals surface area contributed by atoms with Gasteiger partial charge in [0.2, 0.25) is 0 Å². The van der Waals surface area contributed by atoms with Crippen molar-refractivity contribution in [2.24, 2.45) is 15.4 Å². The van der Waals surface area contributed by atoms with Gasteiger partial charge in [-0.3, -0.25) is 9.98 Å². The van der Waals surface area contributed by atoms with Gasteiger partial charge in [-0.15, -0.1) is 0 Å². The highest BCUT2D eigenvalue weighted by molar-refractivity contribution is 5.88. The highest BCUT2D eigenvalue weighted by Gasteiger charge is 2.09. The molecule has 17 heavy (non-hydrogen) atoms. The number of aliphatic imine (C=N–C) groups is 2. The van der Waals surface area contributed by atoms with Crippen molar-refractivity contribution in [2.45, 2.75) is 20.8 Å². The quantitative estimate of drug-likeness (QED) is 0.699. The SMILES string of the molecule is CN=CC(C)(C)C=N/C=C(\C)c1ccccc1. The van der Waals surface area contributed by atoms with Crippen LogP contribution in [0.1, 0.15) is 26.3 Å². The Balaban J connectivity index is 2.75. The monoisotopic (exact) mass is 228 g/mol. The topological polar surface area (TPSA) is 24.7 Å². The number of rotatable bonds is 4. The Morgan fingerprint density at radius 1 is 1.12 bits per heavy atom. The van der Waals surface area contributed by atoms with Gasteiger partial charge < -0.3 is 0 Å². The second kappa shape index (κ2) is 6.14. The largest absolute Gasteiger partial charge is 0.300 e. The average Bonchev–Trinajstić information content (AvgIpc) is 2.29. The van der Waals surface area contributed by atoms with Gasteiger partial charge in [0.25, 0.3) is 0 Å². The maximum Gasteiger partial charge on any atom is 0.0348 e. The first-order chi connectivity index (χ1) is 8.05. The number of benzene rings is 1. The van der Waals surface area contributed by atoms with Gasteiger partial charge in [-0.1, -0.05) is 30.3 Å². The summed E-state index contributed by atoms with van der Waals surface area (Å²) in [6, 6.07) is 10.2. The van der Waals surface area contributed by atoms with E-state index in [-0.39, 0.29) is 5.41 Å². The molecule has 2 nitrogen and oxygen atoms in total. The van der Waals surface area contributed by atoms with Crippen LogP contribution in [-0.2, 0) is 0 Å². The first-order valence-corrected chi connectivity index (χ1v) is 5.75. The van der Waals surface area contributed by atoms with Gasteiger partial charge in [-0.2, -0.15) is 0 Å². The minimum atomic E-state index is -0.0950. The van der Waals surface area contributed by atoms with Crippen LogP contribution in [0.15, 0.2) is 46.5 Å². The van der Waals surface area contributed by atoms with Crippen molar-refractivity contribution < 1.29 is 0 Å². The van der Waals surface area contributed by atoms with Crippen LogP contribution >= 0.6 is 0 Å². The van der Waals surface area contributed by atoms with Crippen molar-refractivity contribution in [3.05, 3.63) is 42.1 Å². The highest BCUT2D eigenvalue weighted by Crippen LogP contribution is 2.13. The van der Waals surface area contributed by atoms with Crippen LogP contribution in [0, 0.1) is 5.41 Å². The van der Waals surface area contributed by atoms with Crippen molar-refractivity contribution in [1.29, 1.82) is 0 Å². The summed E-state index contributed by atoms with van der Waals surface area (Å²) in [7, 11) is 1.78. The van der Waals surface area contributed by atoms with E-state index in [2.05, 4.69) is 42.9 Å². The number of hydrogen-bond donors (Lipinski definition) is 0. The lowest BCUT2D eigenvalue weighted by molar-refractivity contribution is 0.763. The molecule has 0 atom stereocenters. The first kappa shape index (κ1) is 13.4. The third kappa shape index (κ3) is 4.77. The van der Waals surface area contributed by atoms with Crippen molar-refractivity contribution in [1.82, 2.24) is 0 Å². The average molecular weight is 228 g/mol. The summed E-state index contributed by atoms with van der Waals surface area (Å²) in [5.74, 6) is 0. The molecule has 0 saturated heterocycles. The standard InChI is InChI=1S/C15H20N2/c1-13(14-8-6-5-7-9-14)10-17-12-15(2,3)11-16-4/h5-12H,1-4H3/b13-10+,16-11?,17-12?. The van der Waals surface area contributed by atoms with Crippen LogP contribution in [0.4, 0.5) is 0 Å². The van der Waals surface area contributed by atoms with E-state index in [1.54, 1.807) is 7.05 Å². The van der Waals surface area contributed by atoms with Crippen molar-refractivity contribution in [3.8, 4) is 0 Å². The van der Waals surface area contributed by atoms with E-state index in [0.29, 0.717) is 0 Å². The number of nitrogens with zero attached hydrogens (tertiary/aromatic N) is 2. The molecule has 0 heterocycles. The van der Waals surface area contributed by atoms with Gasteiger partial charge in [0.15, 0.2) is 0 Å². The minimum absolute atomic E-state index is 0.0950. The second-order valence-corrected chi connectivity index (χ2v) is 4.66. The van der Waals surface area contributed by atoms with Crippen LogP contribution in [0.3, 0.4) is 0 Å². The highest BCUT2D eigenvalue weighted by atomic mass is 14.7. The minimum Gasteiger partial charge on any atom is -0.300 e. The lowest BCUT2D eigenvalue weighted by Crippen LogP contribution is -2.14. The molecule has 90 valence electrons. The Labute approximate surface area is 104 Å². The molecule has 1 rings (SSSR count). The maximum atomic E-state index is 4.36. The summed E-state index contributed by atoms with van der Waals surface area (Å²) in [5, 5.41) is 0. The molecule has 0 N–H and O–H groups in total. The lowest BCUT2D eigenvalue weighted by atomic mass is 9.97. The van der Waals surface area contributed by atoms with E-state index < -0.39 is 0 Å². The van der Waals surface area contributed by atoms with E-state index in [0.717, 1.165) is 5.57 Å². The lowest BCUT2D eigenvalue weighted by Gasteiger charge is -2.10. The number of hydrogen-bond acceptors (Lipinski definition) is 2. The smallest absolute Gasteiger partial charge is 0.0348 e. The molecule has 0 amide bonds. The van der Waals surface area contributed by atoms with Crippen LogP contribution in [0.25, 0.3) is 5.57 Å². The van der Waals surface area contributed by atoms with E-state index >= 15 is 0 Å². The fraction of sp³-hybridized carbons (Fsp3) is 0.333. The molecule has 0 radical (unpaired) electrons. The molecule has 0 fully saturated rings. The summed E-state index contributed by atoms with van der Waals surface area (Å²) < 4.78 is 0. The van der Waals surface area contributed by atoms with Gasteiger partial charge in [0, 0.05) is 31.1 Å². The van der Waals surface area contributed by atoms with Gasteiger partial charge in [-0.05, 0) is 31.9 Å². The molecule has 0 aliphatic heterocycles. The van der Waals surface area contributed by atoms with E-state index in [1.807, 2.05) is 36.8 Å². The van der Waals surface area contributed by atoms with Gasteiger partial charge in [0.1, 0.15) is 0 Å². The van der Waals surface area contributed by atoms with Crippen LogP contribution in [-0.4, -0.2) is 19.5 Å². The van der Waals surface area contributed by atoms with Crippen LogP contribution in [0.2, 0.25) is 0 Å². The Morgan fingerprint density at radius 2 is 1.76 bits per heavy atom. The summed E-state index contributed by atoms with van der Waals surface area (Å²) in [4.78, 5) is 8.39. The Morgan fingerprint density at radius 3 is 2.35 bits per heavy atom. The molecule has 1 aromatic carbocycles. The zero-order valence-electron chi connectivity index (χ0n) is 11.0. The molecular formula is C15H20N2. The first-order valence-electron chi connectivity index (χ1n) is 5.75. The van der Waals surface area contributed by atoms with Crippen molar-refractivity contribution >= 4 is 18.0 Å². The third-order valence-electron chi connectivity index (χ3n) is 2.37. The molecule has 0 spiro atoms. The van der Waals surface area contributed by atoms with E-state index in [9.17, 15) is 0 Å².